The van der Waals surface area contributed by atoms with Gasteiger partial charge in [0.2, 0.25) is 0 Å². The molecule has 0 saturated carbocycles. The summed E-state index contributed by atoms with van der Waals surface area (Å²) in [6, 6.07) is 10.1. The Morgan fingerprint density at radius 2 is 1.72 bits per heavy atom. The summed E-state index contributed by atoms with van der Waals surface area (Å²) in [5.74, 6) is 0. The summed E-state index contributed by atoms with van der Waals surface area (Å²) in [5.41, 5.74) is 5.08. The van der Waals surface area contributed by atoms with Crippen molar-refractivity contribution in [3.63, 3.8) is 0 Å². The number of hydrogen-bond acceptors (Lipinski definition) is 4. The normalized spacial score (nSPS) is 20.4. The molecular weight excluding hydrogens is 334 g/mol. The van der Waals surface area contributed by atoms with E-state index in [1.165, 1.54) is 0 Å². The van der Waals surface area contributed by atoms with E-state index in [0.717, 1.165) is 41.3 Å². The SMILES string of the molecule is Cc1cc(-c2c(Cl)cc(N3CC(C)OC(C)C3)cc2C#N)cc(C)n1. The number of aromatic nitrogens is 1. The monoisotopic (exact) mass is 355 g/mol. The molecule has 25 heavy (non-hydrogen) atoms. The highest BCUT2D eigenvalue weighted by atomic mass is 35.5. The highest BCUT2D eigenvalue weighted by molar-refractivity contribution is 6.34. The Hall–Kier alpha value is -2.09. The van der Waals surface area contributed by atoms with Gasteiger partial charge in [0.15, 0.2) is 0 Å². The molecule has 2 heterocycles. The average molecular weight is 356 g/mol. The maximum atomic E-state index is 9.70. The van der Waals surface area contributed by atoms with Gasteiger partial charge in [0.1, 0.15) is 0 Å². The topological polar surface area (TPSA) is 49.1 Å². The quantitative estimate of drug-likeness (QED) is 0.795. The van der Waals surface area contributed by atoms with Gasteiger partial charge in [-0.2, -0.15) is 5.26 Å². The average Bonchev–Trinajstić information content (AvgIpc) is 2.52. The Morgan fingerprint density at radius 3 is 2.28 bits per heavy atom. The van der Waals surface area contributed by atoms with Gasteiger partial charge in [-0.05, 0) is 57.5 Å². The molecule has 4 nitrogen and oxygen atoms in total. The Kier molecular flexibility index (Phi) is 4.99. The van der Waals surface area contributed by atoms with E-state index >= 15 is 0 Å². The van der Waals surface area contributed by atoms with Crippen LogP contribution < -0.4 is 4.90 Å². The summed E-state index contributed by atoms with van der Waals surface area (Å²) >= 11 is 6.62. The minimum Gasteiger partial charge on any atom is -0.372 e. The Labute approximate surface area is 154 Å². The number of anilines is 1. The molecule has 0 amide bonds. The van der Waals surface area contributed by atoms with Crippen molar-refractivity contribution in [3.8, 4) is 17.2 Å². The lowest BCUT2D eigenvalue weighted by Crippen LogP contribution is -2.45. The number of ether oxygens (including phenoxy) is 1. The van der Waals surface area contributed by atoms with E-state index in [2.05, 4.69) is 29.8 Å². The largest absolute Gasteiger partial charge is 0.372 e. The standard InChI is InChI=1S/C20H22ClN3O/c1-12-5-16(6-13(2)23-12)20-17(9-22)7-18(8-19(20)21)24-10-14(3)25-15(4)11-24/h5-8,14-15H,10-11H2,1-4H3. The first-order chi connectivity index (χ1) is 11.9. The molecule has 5 heteroatoms. The number of pyridine rings is 1. The van der Waals surface area contributed by atoms with E-state index in [1.807, 2.05) is 38.1 Å². The van der Waals surface area contributed by atoms with Crippen LogP contribution in [0.25, 0.3) is 11.1 Å². The first-order valence-electron chi connectivity index (χ1n) is 8.47. The van der Waals surface area contributed by atoms with Crippen molar-refractivity contribution in [2.75, 3.05) is 18.0 Å². The van der Waals surface area contributed by atoms with Crippen LogP contribution >= 0.6 is 11.6 Å². The molecule has 1 aromatic heterocycles. The molecule has 0 N–H and O–H groups in total. The van der Waals surface area contributed by atoms with Gasteiger partial charge in [-0.1, -0.05) is 11.6 Å². The summed E-state index contributed by atoms with van der Waals surface area (Å²) in [7, 11) is 0. The van der Waals surface area contributed by atoms with Crippen LogP contribution in [0.3, 0.4) is 0 Å². The Balaban J connectivity index is 2.06. The Bertz CT molecular complexity index is 813. The predicted molar refractivity (Wildman–Crippen MR) is 101 cm³/mol. The molecule has 1 aliphatic heterocycles. The van der Waals surface area contributed by atoms with E-state index in [-0.39, 0.29) is 12.2 Å². The number of aryl methyl sites for hydroxylation is 2. The molecule has 1 fully saturated rings. The third-order valence-corrected chi connectivity index (χ3v) is 4.65. The lowest BCUT2D eigenvalue weighted by atomic mass is 9.98. The highest BCUT2D eigenvalue weighted by Gasteiger charge is 2.24. The zero-order valence-corrected chi connectivity index (χ0v) is 15.8. The van der Waals surface area contributed by atoms with Gasteiger partial charge in [0.05, 0.1) is 28.9 Å². The summed E-state index contributed by atoms with van der Waals surface area (Å²) in [4.78, 5) is 6.64. The van der Waals surface area contributed by atoms with Crippen molar-refractivity contribution in [1.29, 1.82) is 5.26 Å². The molecule has 2 aromatic rings. The van der Waals surface area contributed by atoms with Crippen LogP contribution in [0.2, 0.25) is 5.02 Å². The Morgan fingerprint density at radius 1 is 1.12 bits per heavy atom. The fourth-order valence-corrected chi connectivity index (χ4v) is 3.85. The van der Waals surface area contributed by atoms with E-state index in [0.29, 0.717) is 10.6 Å². The lowest BCUT2D eigenvalue weighted by Gasteiger charge is -2.37. The highest BCUT2D eigenvalue weighted by Crippen LogP contribution is 2.36. The van der Waals surface area contributed by atoms with Gasteiger partial charge >= 0.3 is 0 Å². The molecular formula is C20H22ClN3O. The van der Waals surface area contributed by atoms with Gasteiger partial charge in [-0.3, -0.25) is 4.98 Å². The molecule has 3 rings (SSSR count). The van der Waals surface area contributed by atoms with E-state index in [4.69, 9.17) is 16.3 Å². The van der Waals surface area contributed by atoms with Crippen molar-refractivity contribution < 1.29 is 4.74 Å². The van der Waals surface area contributed by atoms with Crippen molar-refractivity contribution in [3.05, 3.63) is 46.2 Å². The third kappa shape index (κ3) is 3.78. The molecule has 2 unspecified atom stereocenters. The second-order valence-electron chi connectivity index (χ2n) is 6.76. The summed E-state index contributed by atoms with van der Waals surface area (Å²) in [6.45, 7) is 9.60. The number of benzene rings is 1. The van der Waals surface area contributed by atoms with Crippen molar-refractivity contribution in [1.82, 2.24) is 4.98 Å². The molecule has 0 bridgehead atoms. The summed E-state index contributed by atoms with van der Waals surface area (Å²) < 4.78 is 5.80. The minimum atomic E-state index is 0.151. The molecule has 0 aliphatic carbocycles. The lowest BCUT2D eigenvalue weighted by molar-refractivity contribution is -0.00521. The molecule has 1 aromatic carbocycles. The van der Waals surface area contributed by atoms with Crippen molar-refractivity contribution in [2.24, 2.45) is 0 Å². The fourth-order valence-electron chi connectivity index (χ4n) is 3.52. The second-order valence-corrected chi connectivity index (χ2v) is 7.17. The molecule has 0 radical (unpaired) electrons. The molecule has 1 aliphatic rings. The molecule has 130 valence electrons. The zero-order chi connectivity index (χ0) is 18.1. The van der Waals surface area contributed by atoms with Gasteiger partial charge in [0, 0.05) is 35.7 Å². The van der Waals surface area contributed by atoms with Crippen LogP contribution in [0.4, 0.5) is 5.69 Å². The van der Waals surface area contributed by atoms with Crippen LogP contribution in [-0.2, 0) is 4.74 Å². The number of nitriles is 1. The predicted octanol–water partition coefficient (Wildman–Crippen LogP) is 4.50. The number of halogens is 1. The van der Waals surface area contributed by atoms with Gasteiger partial charge < -0.3 is 9.64 Å². The maximum absolute atomic E-state index is 9.70. The second kappa shape index (κ2) is 7.03. The first kappa shape index (κ1) is 17.7. The molecule has 1 saturated heterocycles. The maximum Gasteiger partial charge on any atom is 0.0999 e. The zero-order valence-electron chi connectivity index (χ0n) is 15.0. The van der Waals surface area contributed by atoms with Crippen LogP contribution in [0, 0.1) is 25.2 Å². The molecule has 0 spiro atoms. The van der Waals surface area contributed by atoms with E-state index in [1.54, 1.807) is 0 Å². The first-order valence-corrected chi connectivity index (χ1v) is 8.85. The van der Waals surface area contributed by atoms with Gasteiger partial charge in [-0.25, -0.2) is 0 Å². The van der Waals surface area contributed by atoms with Crippen LogP contribution in [0.15, 0.2) is 24.3 Å². The van der Waals surface area contributed by atoms with Crippen LogP contribution in [0.1, 0.15) is 30.8 Å². The number of morpholine rings is 1. The number of rotatable bonds is 2. The van der Waals surface area contributed by atoms with Gasteiger partial charge in [0.25, 0.3) is 0 Å². The number of hydrogen-bond donors (Lipinski definition) is 0. The van der Waals surface area contributed by atoms with Gasteiger partial charge in [-0.15, -0.1) is 0 Å². The van der Waals surface area contributed by atoms with E-state index < -0.39 is 0 Å². The summed E-state index contributed by atoms with van der Waals surface area (Å²) in [6.07, 6.45) is 0.302. The van der Waals surface area contributed by atoms with E-state index in [9.17, 15) is 5.26 Å². The smallest absolute Gasteiger partial charge is 0.0999 e. The van der Waals surface area contributed by atoms with Crippen LogP contribution in [0.5, 0.6) is 0 Å². The minimum absolute atomic E-state index is 0.151. The molecule has 2 atom stereocenters. The van der Waals surface area contributed by atoms with Crippen molar-refractivity contribution in [2.45, 2.75) is 39.9 Å². The van der Waals surface area contributed by atoms with Crippen molar-refractivity contribution >= 4 is 17.3 Å². The van der Waals surface area contributed by atoms with Crippen LogP contribution in [-0.4, -0.2) is 30.3 Å². The third-order valence-electron chi connectivity index (χ3n) is 4.35. The number of nitrogens with zero attached hydrogens (tertiary/aromatic N) is 3. The summed E-state index contributed by atoms with van der Waals surface area (Å²) in [5, 5.41) is 10.3. The fraction of sp³-hybridized carbons (Fsp3) is 0.400.